The van der Waals surface area contributed by atoms with Crippen LogP contribution in [0.3, 0.4) is 0 Å². The predicted molar refractivity (Wildman–Crippen MR) is 75.8 cm³/mol. The molecule has 0 saturated heterocycles. The first-order chi connectivity index (χ1) is 12.4. The van der Waals surface area contributed by atoms with Crippen LogP contribution < -0.4 is 4.74 Å². The third-order valence-electron chi connectivity index (χ3n) is 3.46. The second kappa shape index (κ2) is 7.40. The van der Waals surface area contributed by atoms with Gasteiger partial charge in [0.15, 0.2) is 5.69 Å². The molecule has 1 heterocycles. The molecule has 0 bridgehead atoms. The van der Waals surface area contributed by atoms with E-state index >= 15 is 0 Å². The summed E-state index contributed by atoms with van der Waals surface area (Å²) in [4.78, 5) is 10.1. The molecule has 0 aliphatic carbocycles. The number of benzene rings is 1. The van der Waals surface area contributed by atoms with Gasteiger partial charge in [-0.1, -0.05) is 6.07 Å². The van der Waals surface area contributed by atoms with E-state index in [0.29, 0.717) is 0 Å². The number of aromatic nitrogens is 2. The maximum Gasteiger partial charge on any atom is 0.433 e. The summed E-state index contributed by atoms with van der Waals surface area (Å²) in [5.74, 6) is -1.30. The predicted octanol–water partition coefficient (Wildman–Crippen LogP) is 4.71. The van der Waals surface area contributed by atoms with E-state index in [1.165, 1.54) is 6.92 Å². The van der Waals surface area contributed by atoms with E-state index in [1.54, 1.807) is 0 Å². The zero-order valence-corrected chi connectivity index (χ0v) is 13.3. The summed E-state index contributed by atoms with van der Waals surface area (Å²) in [7, 11) is 0. The van der Waals surface area contributed by atoms with Crippen LogP contribution in [0.25, 0.3) is 0 Å². The lowest BCUT2D eigenvalue weighted by atomic mass is 10.0. The van der Waals surface area contributed by atoms with Gasteiger partial charge in [0, 0.05) is 18.1 Å². The van der Waals surface area contributed by atoms with Gasteiger partial charge < -0.3 is 4.74 Å². The first-order valence-electron chi connectivity index (χ1n) is 7.07. The van der Waals surface area contributed by atoms with E-state index in [2.05, 4.69) is 9.84 Å². The van der Waals surface area contributed by atoms with Gasteiger partial charge in [-0.2, -0.15) is 35.4 Å². The minimum Gasteiger partial charge on any atom is -0.415 e. The van der Waals surface area contributed by atoms with E-state index in [-0.39, 0.29) is 16.8 Å². The van der Waals surface area contributed by atoms with E-state index < -0.39 is 52.5 Å². The lowest BCUT2D eigenvalue weighted by Crippen LogP contribution is -2.17. The largest absolute Gasteiger partial charge is 0.433 e. The van der Waals surface area contributed by atoms with Gasteiger partial charge in [0.25, 0.3) is 5.69 Å². The van der Waals surface area contributed by atoms with Crippen molar-refractivity contribution in [3.05, 3.63) is 50.7 Å². The molecule has 0 amide bonds. The van der Waals surface area contributed by atoms with E-state index in [1.807, 2.05) is 0 Å². The molecule has 0 atom stereocenters. The molecule has 0 aliphatic heterocycles. The molecule has 27 heavy (non-hydrogen) atoms. The summed E-state index contributed by atoms with van der Waals surface area (Å²) in [5.41, 5.74) is -3.18. The summed E-state index contributed by atoms with van der Waals surface area (Å²) >= 11 is 0. The second-order valence-corrected chi connectivity index (χ2v) is 5.29. The smallest absolute Gasteiger partial charge is 0.415 e. The Bertz CT molecular complexity index is 849. The van der Waals surface area contributed by atoms with Crippen LogP contribution in [0.4, 0.5) is 36.4 Å². The summed E-state index contributed by atoms with van der Waals surface area (Å²) in [5, 5.41) is 13.6. The highest BCUT2D eigenvalue weighted by Crippen LogP contribution is 2.40. The fraction of sp³-hybridized carbons (Fsp3) is 0.357. The third-order valence-corrected chi connectivity index (χ3v) is 3.46. The SMILES string of the molecule is Cc1cc(Cc2c(OC(F)F)nn(C(F)F)c2C(F)(F)F)ccc1[N+](=O)[O-]. The second-order valence-electron chi connectivity index (χ2n) is 5.29. The number of ether oxygens (including phenoxy) is 1. The maximum atomic E-state index is 13.2. The molecule has 1 aromatic heterocycles. The van der Waals surface area contributed by atoms with Gasteiger partial charge in [-0.25, -0.2) is 0 Å². The van der Waals surface area contributed by atoms with Gasteiger partial charge in [0.1, 0.15) is 0 Å². The molecule has 148 valence electrons. The van der Waals surface area contributed by atoms with Crippen molar-refractivity contribution >= 4 is 5.69 Å². The van der Waals surface area contributed by atoms with Crippen molar-refractivity contribution in [2.45, 2.75) is 32.7 Å². The number of halogens is 7. The number of nitro groups is 1. The van der Waals surface area contributed by atoms with Gasteiger partial charge >= 0.3 is 19.3 Å². The molecule has 2 aromatic rings. The van der Waals surface area contributed by atoms with Crippen LogP contribution in [0.2, 0.25) is 0 Å². The number of hydrogen-bond acceptors (Lipinski definition) is 4. The molecule has 0 radical (unpaired) electrons. The van der Waals surface area contributed by atoms with Crippen LogP contribution in [0.15, 0.2) is 18.2 Å². The summed E-state index contributed by atoms with van der Waals surface area (Å²) in [6.07, 6.45) is -6.10. The molecular formula is C14H10F7N3O3. The van der Waals surface area contributed by atoms with E-state index in [9.17, 15) is 40.8 Å². The summed E-state index contributed by atoms with van der Waals surface area (Å²) < 4.78 is 93.6. The van der Waals surface area contributed by atoms with Gasteiger partial charge in [0.05, 0.1) is 10.5 Å². The zero-order chi connectivity index (χ0) is 20.5. The lowest BCUT2D eigenvalue weighted by Gasteiger charge is -2.12. The molecule has 0 saturated carbocycles. The average molecular weight is 401 g/mol. The van der Waals surface area contributed by atoms with Crippen molar-refractivity contribution in [2.24, 2.45) is 0 Å². The quantitative estimate of drug-likeness (QED) is 0.400. The molecule has 0 fully saturated rings. The Morgan fingerprint density at radius 3 is 2.33 bits per heavy atom. The highest BCUT2D eigenvalue weighted by Gasteiger charge is 2.42. The highest BCUT2D eigenvalue weighted by molar-refractivity contribution is 5.45. The molecule has 1 aromatic carbocycles. The molecule has 6 nitrogen and oxygen atoms in total. The van der Waals surface area contributed by atoms with Crippen LogP contribution in [-0.4, -0.2) is 21.3 Å². The number of nitro benzene ring substituents is 1. The Morgan fingerprint density at radius 1 is 1.26 bits per heavy atom. The van der Waals surface area contributed by atoms with Gasteiger partial charge in [-0.15, -0.1) is 5.10 Å². The topological polar surface area (TPSA) is 70.2 Å². The van der Waals surface area contributed by atoms with Crippen LogP contribution in [0.5, 0.6) is 5.88 Å². The molecule has 13 heteroatoms. The standard InChI is InChI=1S/C14H10F7N3O3/c1-6-4-7(2-3-9(6)24(25)26)5-8-10(14(19,20)21)23(12(15)16)22-11(8)27-13(17)18/h2-4,12-13H,5H2,1H3. The van der Waals surface area contributed by atoms with Crippen molar-refractivity contribution in [3.8, 4) is 5.88 Å². The number of alkyl halides is 7. The summed E-state index contributed by atoms with van der Waals surface area (Å²) in [6.45, 7) is -6.04. The minimum atomic E-state index is -5.34. The fourth-order valence-corrected chi connectivity index (χ4v) is 2.46. The fourth-order valence-electron chi connectivity index (χ4n) is 2.46. The minimum absolute atomic E-state index is 0.0246. The Kier molecular flexibility index (Phi) is 5.61. The maximum absolute atomic E-state index is 13.2. The van der Waals surface area contributed by atoms with Crippen molar-refractivity contribution in [3.63, 3.8) is 0 Å². The monoisotopic (exact) mass is 401 g/mol. The lowest BCUT2D eigenvalue weighted by molar-refractivity contribution is -0.385. The molecule has 0 spiro atoms. The number of aryl methyl sites for hydroxylation is 1. The van der Waals surface area contributed by atoms with Crippen LogP contribution in [0.1, 0.15) is 28.9 Å². The normalized spacial score (nSPS) is 12.1. The Morgan fingerprint density at radius 2 is 1.89 bits per heavy atom. The van der Waals surface area contributed by atoms with Crippen LogP contribution in [0, 0.1) is 17.0 Å². The van der Waals surface area contributed by atoms with Crippen LogP contribution in [-0.2, 0) is 12.6 Å². The Balaban J connectivity index is 2.59. The molecule has 2 rings (SSSR count). The number of nitrogens with zero attached hydrogens (tertiary/aromatic N) is 3. The number of hydrogen-bond donors (Lipinski definition) is 0. The Hall–Kier alpha value is -2.86. The van der Waals surface area contributed by atoms with Crippen molar-refractivity contribution in [2.75, 3.05) is 0 Å². The van der Waals surface area contributed by atoms with Gasteiger partial charge in [-0.3, -0.25) is 10.1 Å². The molecule has 0 unspecified atom stereocenters. The van der Waals surface area contributed by atoms with E-state index in [4.69, 9.17) is 0 Å². The molecular weight excluding hydrogens is 391 g/mol. The Labute approximate surface area is 146 Å². The molecule has 0 N–H and O–H groups in total. The van der Waals surface area contributed by atoms with Crippen molar-refractivity contribution in [1.29, 1.82) is 0 Å². The first-order valence-corrected chi connectivity index (χ1v) is 7.07. The molecule has 0 aliphatic rings. The third kappa shape index (κ3) is 4.46. The number of rotatable bonds is 6. The van der Waals surface area contributed by atoms with Crippen LogP contribution >= 0.6 is 0 Å². The first kappa shape index (κ1) is 20.5. The summed E-state index contributed by atoms with van der Waals surface area (Å²) in [6, 6.07) is 3.23. The van der Waals surface area contributed by atoms with Crippen molar-refractivity contribution < 1.29 is 40.4 Å². The van der Waals surface area contributed by atoms with Crippen molar-refractivity contribution in [1.82, 2.24) is 9.78 Å². The van der Waals surface area contributed by atoms with Gasteiger partial charge in [0.2, 0.25) is 5.88 Å². The van der Waals surface area contributed by atoms with E-state index in [0.717, 1.165) is 18.2 Å². The van der Waals surface area contributed by atoms with Gasteiger partial charge in [-0.05, 0) is 18.6 Å². The highest BCUT2D eigenvalue weighted by atomic mass is 19.4. The average Bonchev–Trinajstić information content (AvgIpc) is 2.85. The zero-order valence-electron chi connectivity index (χ0n) is 13.3.